The number of nitrogens with zero attached hydrogens (tertiary/aromatic N) is 2. The van der Waals surface area contributed by atoms with Gasteiger partial charge in [-0.3, -0.25) is 0 Å². The maximum Gasteiger partial charge on any atom is 0.347 e. The number of carbonyl (C=O) groups is 2. The predicted octanol–water partition coefficient (Wildman–Crippen LogP) is 6.68. The van der Waals surface area contributed by atoms with Crippen LogP contribution in [0.15, 0.2) is 42.5 Å². The van der Waals surface area contributed by atoms with Crippen LogP contribution in [0.2, 0.25) is 0 Å². The summed E-state index contributed by atoms with van der Waals surface area (Å²) in [5.41, 5.74) is 3.54. The number of amides is 2. The Morgan fingerprint density at radius 3 is 2.26 bits per heavy atom. The number of hydrogen-bond donors (Lipinski definition) is 1. The van der Waals surface area contributed by atoms with Gasteiger partial charge < -0.3 is 19.6 Å². The number of carbonyl (C=O) groups excluding carboxylic acids is 1. The van der Waals surface area contributed by atoms with Gasteiger partial charge in [-0.2, -0.15) is 0 Å². The third-order valence-electron chi connectivity index (χ3n) is 7.38. The van der Waals surface area contributed by atoms with E-state index in [0.717, 1.165) is 43.4 Å². The molecule has 1 saturated heterocycles. The molecule has 38 heavy (non-hydrogen) atoms. The van der Waals surface area contributed by atoms with Crippen LogP contribution in [0, 0.1) is 5.92 Å². The van der Waals surface area contributed by atoms with Gasteiger partial charge in [0.25, 0.3) is 0 Å². The number of rotatable bonds is 11. The quantitative estimate of drug-likeness (QED) is 0.357. The minimum atomic E-state index is -1.28. The SMILES string of the molecule is CC(C)Cc1cc(CCC[C@H]2CN(Cc3ccc(C(C)(C)C)cc3)C(=O)N2C)ccc1OC(C)(C)C(=O)O. The number of ether oxygens (including phenoxy) is 1. The van der Waals surface area contributed by atoms with Crippen molar-refractivity contribution in [1.82, 2.24) is 9.80 Å². The van der Waals surface area contributed by atoms with Crippen LogP contribution >= 0.6 is 0 Å². The molecule has 0 aliphatic carbocycles. The fourth-order valence-corrected chi connectivity index (χ4v) is 4.93. The average molecular weight is 523 g/mol. The summed E-state index contributed by atoms with van der Waals surface area (Å²) in [6, 6.07) is 15.0. The minimum Gasteiger partial charge on any atom is -0.478 e. The van der Waals surface area contributed by atoms with Crippen molar-refractivity contribution in [2.45, 2.75) is 97.8 Å². The Labute approximate surface area is 229 Å². The van der Waals surface area contributed by atoms with E-state index >= 15 is 0 Å². The van der Waals surface area contributed by atoms with Crippen molar-refractivity contribution < 1.29 is 19.4 Å². The molecule has 1 heterocycles. The van der Waals surface area contributed by atoms with Gasteiger partial charge in [0.1, 0.15) is 5.75 Å². The third-order valence-corrected chi connectivity index (χ3v) is 7.38. The summed E-state index contributed by atoms with van der Waals surface area (Å²) in [7, 11) is 1.91. The highest BCUT2D eigenvalue weighted by Gasteiger charge is 2.34. The first-order valence-electron chi connectivity index (χ1n) is 13.8. The zero-order valence-electron chi connectivity index (χ0n) is 24.5. The zero-order chi connectivity index (χ0) is 28.3. The van der Waals surface area contributed by atoms with E-state index in [1.807, 2.05) is 29.0 Å². The molecule has 208 valence electrons. The number of carboxylic acids is 1. The number of benzene rings is 2. The Balaban J connectivity index is 1.59. The van der Waals surface area contributed by atoms with Gasteiger partial charge in [-0.05, 0) is 79.2 Å². The molecule has 1 N–H and O–H groups in total. The molecule has 1 fully saturated rings. The lowest BCUT2D eigenvalue weighted by Gasteiger charge is -2.24. The summed E-state index contributed by atoms with van der Waals surface area (Å²) in [6.07, 6.45) is 3.63. The maximum absolute atomic E-state index is 12.9. The molecule has 0 aromatic heterocycles. The fourth-order valence-electron chi connectivity index (χ4n) is 4.93. The zero-order valence-corrected chi connectivity index (χ0v) is 24.5. The number of hydrogen-bond acceptors (Lipinski definition) is 3. The van der Waals surface area contributed by atoms with Gasteiger partial charge in [-0.1, -0.05) is 71.0 Å². The number of likely N-dealkylation sites (N-methyl/N-ethyl adjacent to an activating group) is 1. The van der Waals surface area contributed by atoms with Crippen molar-refractivity contribution in [3.05, 3.63) is 64.7 Å². The normalized spacial score (nSPS) is 16.4. The molecule has 0 unspecified atom stereocenters. The van der Waals surface area contributed by atoms with Crippen LogP contribution in [0.1, 0.15) is 83.6 Å². The molecule has 1 atom stereocenters. The Morgan fingerprint density at radius 2 is 1.68 bits per heavy atom. The summed E-state index contributed by atoms with van der Waals surface area (Å²) in [5, 5.41) is 9.47. The van der Waals surface area contributed by atoms with Crippen LogP contribution in [0.4, 0.5) is 4.79 Å². The van der Waals surface area contributed by atoms with Crippen LogP contribution in [-0.2, 0) is 29.6 Å². The van der Waals surface area contributed by atoms with Crippen LogP contribution in [0.25, 0.3) is 0 Å². The molecule has 1 aliphatic heterocycles. The molecular weight excluding hydrogens is 476 g/mol. The minimum absolute atomic E-state index is 0.0941. The van der Waals surface area contributed by atoms with Gasteiger partial charge in [0, 0.05) is 20.1 Å². The van der Waals surface area contributed by atoms with Crippen LogP contribution in [0.3, 0.4) is 0 Å². The third kappa shape index (κ3) is 7.52. The molecule has 6 nitrogen and oxygen atoms in total. The molecule has 3 rings (SSSR count). The van der Waals surface area contributed by atoms with E-state index in [2.05, 4.69) is 65.0 Å². The Bertz CT molecular complexity index is 1120. The van der Waals surface area contributed by atoms with E-state index in [0.29, 0.717) is 18.2 Å². The molecule has 1 aliphatic rings. The fraction of sp³-hybridized carbons (Fsp3) is 0.562. The lowest BCUT2D eigenvalue weighted by molar-refractivity contribution is -0.152. The highest BCUT2D eigenvalue weighted by Crippen LogP contribution is 2.29. The van der Waals surface area contributed by atoms with Crippen LogP contribution < -0.4 is 4.74 Å². The van der Waals surface area contributed by atoms with Crippen molar-refractivity contribution in [3.63, 3.8) is 0 Å². The Hall–Kier alpha value is -3.02. The van der Waals surface area contributed by atoms with E-state index in [1.165, 1.54) is 11.1 Å². The molecule has 6 heteroatoms. The van der Waals surface area contributed by atoms with E-state index in [-0.39, 0.29) is 17.5 Å². The second kappa shape index (κ2) is 11.8. The highest BCUT2D eigenvalue weighted by molar-refractivity contribution is 5.77. The molecule has 2 aromatic rings. The van der Waals surface area contributed by atoms with Gasteiger partial charge >= 0.3 is 12.0 Å². The van der Waals surface area contributed by atoms with Crippen molar-refractivity contribution in [3.8, 4) is 5.75 Å². The first kappa shape index (κ1) is 29.5. The first-order chi connectivity index (χ1) is 17.7. The first-order valence-corrected chi connectivity index (χ1v) is 13.8. The lowest BCUT2D eigenvalue weighted by atomic mass is 9.87. The van der Waals surface area contributed by atoms with Crippen LogP contribution in [-0.4, -0.2) is 52.1 Å². The summed E-state index contributed by atoms with van der Waals surface area (Å²) in [6.45, 7) is 15.4. The standard InChI is InChI=1S/C32H46N2O4/c1-22(2)18-25-19-23(14-17-28(25)38-32(6,7)29(35)36)10-9-11-27-21-34(30(37)33(27)8)20-24-12-15-26(16-13-24)31(3,4)5/h12-17,19,22,27H,9-11,18,20-21H2,1-8H3,(H,35,36)/t27-/m0/s1. The second-order valence-electron chi connectivity index (χ2n) is 12.7. The number of aliphatic carboxylic acids is 1. The van der Waals surface area contributed by atoms with Crippen LogP contribution in [0.5, 0.6) is 5.75 Å². The van der Waals surface area contributed by atoms with Gasteiger partial charge in [-0.15, -0.1) is 0 Å². The topological polar surface area (TPSA) is 70.1 Å². The molecule has 2 aromatic carbocycles. The molecule has 0 saturated carbocycles. The van der Waals surface area contributed by atoms with Gasteiger partial charge in [-0.25, -0.2) is 9.59 Å². The van der Waals surface area contributed by atoms with Gasteiger partial charge in [0.2, 0.25) is 0 Å². The van der Waals surface area contributed by atoms with E-state index in [4.69, 9.17) is 4.74 Å². The van der Waals surface area contributed by atoms with Gasteiger partial charge in [0.15, 0.2) is 5.60 Å². The predicted molar refractivity (Wildman–Crippen MR) is 153 cm³/mol. The van der Waals surface area contributed by atoms with Crippen molar-refractivity contribution in [2.75, 3.05) is 13.6 Å². The van der Waals surface area contributed by atoms with E-state index < -0.39 is 11.6 Å². The average Bonchev–Trinajstić information content (AvgIpc) is 3.07. The summed E-state index contributed by atoms with van der Waals surface area (Å²) in [5.74, 6) is 0.0831. The van der Waals surface area contributed by atoms with E-state index in [9.17, 15) is 14.7 Å². The largest absolute Gasteiger partial charge is 0.478 e. The lowest BCUT2D eigenvalue weighted by Crippen LogP contribution is -2.38. The monoisotopic (exact) mass is 522 g/mol. The van der Waals surface area contributed by atoms with Crippen molar-refractivity contribution in [1.29, 1.82) is 0 Å². The molecule has 0 spiro atoms. The number of urea groups is 1. The summed E-state index contributed by atoms with van der Waals surface area (Å²) >= 11 is 0. The number of aryl methyl sites for hydroxylation is 1. The van der Waals surface area contributed by atoms with Gasteiger partial charge in [0.05, 0.1) is 6.04 Å². The molecule has 0 bridgehead atoms. The van der Waals surface area contributed by atoms with Crippen molar-refractivity contribution >= 4 is 12.0 Å². The van der Waals surface area contributed by atoms with Crippen molar-refractivity contribution in [2.24, 2.45) is 5.92 Å². The smallest absolute Gasteiger partial charge is 0.347 e. The maximum atomic E-state index is 12.9. The second-order valence-corrected chi connectivity index (χ2v) is 12.7. The molecular formula is C32H46N2O4. The molecule has 0 radical (unpaired) electrons. The van der Waals surface area contributed by atoms with E-state index in [1.54, 1.807) is 13.8 Å². The Morgan fingerprint density at radius 1 is 1.05 bits per heavy atom. The number of carboxylic acid groups (broad SMARTS) is 1. The molecule has 2 amide bonds. The Kier molecular flexibility index (Phi) is 9.17. The summed E-state index contributed by atoms with van der Waals surface area (Å²) in [4.78, 5) is 28.3. The summed E-state index contributed by atoms with van der Waals surface area (Å²) < 4.78 is 5.90. The highest BCUT2D eigenvalue weighted by atomic mass is 16.5.